The van der Waals surface area contributed by atoms with Gasteiger partial charge < -0.3 is 5.32 Å². The van der Waals surface area contributed by atoms with Crippen molar-refractivity contribution in [2.45, 2.75) is 32.2 Å². The van der Waals surface area contributed by atoms with Gasteiger partial charge in [0.05, 0.1) is 0 Å². The van der Waals surface area contributed by atoms with Crippen LogP contribution in [0.2, 0.25) is 0 Å². The summed E-state index contributed by atoms with van der Waals surface area (Å²) in [5, 5.41) is 3.61. The fourth-order valence-corrected chi connectivity index (χ4v) is 3.13. The molecule has 0 saturated heterocycles. The number of rotatable bonds is 5. The minimum absolute atomic E-state index is 0.530. The number of halogens is 2. The van der Waals surface area contributed by atoms with Crippen molar-refractivity contribution >= 4 is 38.5 Å². The van der Waals surface area contributed by atoms with Crippen LogP contribution < -0.4 is 5.32 Å². The SMILES string of the molecule is CCNC(CC1CC1)c1cc(Br)ccc1I. The Balaban J connectivity index is 2.18. The van der Waals surface area contributed by atoms with E-state index in [0.717, 1.165) is 12.5 Å². The van der Waals surface area contributed by atoms with Gasteiger partial charge in [0.15, 0.2) is 0 Å². The molecular weight excluding hydrogens is 377 g/mol. The summed E-state index contributed by atoms with van der Waals surface area (Å²) in [4.78, 5) is 0. The van der Waals surface area contributed by atoms with E-state index in [-0.39, 0.29) is 0 Å². The van der Waals surface area contributed by atoms with Gasteiger partial charge in [0, 0.05) is 14.1 Å². The average molecular weight is 394 g/mol. The summed E-state index contributed by atoms with van der Waals surface area (Å²) in [6.45, 7) is 3.23. The minimum Gasteiger partial charge on any atom is -0.310 e. The molecular formula is C13H17BrIN. The predicted molar refractivity (Wildman–Crippen MR) is 80.6 cm³/mol. The van der Waals surface area contributed by atoms with Gasteiger partial charge in [-0.05, 0) is 65.2 Å². The predicted octanol–water partition coefficient (Wildman–Crippen LogP) is 4.50. The van der Waals surface area contributed by atoms with Crippen LogP contribution in [0, 0.1) is 9.49 Å². The number of benzene rings is 1. The monoisotopic (exact) mass is 393 g/mol. The molecule has 0 aromatic heterocycles. The Bertz CT molecular complexity index is 363. The molecule has 88 valence electrons. The molecule has 1 aliphatic rings. The van der Waals surface area contributed by atoms with E-state index in [1.165, 1.54) is 32.9 Å². The maximum Gasteiger partial charge on any atom is 0.0333 e. The summed E-state index contributed by atoms with van der Waals surface area (Å²) < 4.78 is 2.55. The number of nitrogens with one attached hydrogen (secondary N) is 1. The summed E-state index contributed by atoms with van der Waals surface area (Å²) in [7, 11) is 0. The van der Waals surface area contributed by atoms with Crippen molar-refractivity contribution in [1.82, 2.24) is 5.32 Å². The van der Waals surface area contributed by atoms with Gasteiger partial charge in [-0.1, -0.05) is 35.7 Å². The number of hydrogen-bond donors (Lipinski definition) is 1. The molecule has 1 N–H and O–H groups in total. The van der Waals surface area contributed by atoms with E-state index >= 15 is 0 Å². The molecule has 0 heterocycles. The van der Waals surface area contributed by atoms with Crippen LogP contribution in [-0.4, -0.2) is 6.54 Å². The number of hydrogen-bond acceptors (Lipinski definition) is 1. The van der Waals surface area contributed by atoms with Gasteiger partial charge in [-0.2, -0.15) is 0 Å². The van der Waals surface area contributed by atoms with Crippen LogP contribution in [0.15, 0.2) is 22.7 Å². The Kier molecular flexibility index (Phi) is 4.67. The molecule has 1 nitrogen and oxygen atoms in total. The minimum atomic E-state index is 0.530. The van der Waals surface area contributed by atoms with Crippen molar-refractivity contribution in [3.05, 3.63) is 31.8 Å². The van der Waals surface area contributed by atoms with Gasteiger partial charge in [-0.3, -0.25) is 0 Å². The summed E-state index contributed by atoms with van der Waals surface area (Å²) in [5.41, 5.74) is 1.45. The van der Waals surface area contributed by atoms with E-state index in [1.54, 1.807) is 0 Å². The van der Waals surface area contributed by atoms with Crippen molar-refractivity contribution in [2.24, 2.45) is 5.92 Å². The fraction of sp³-hybridized carbons (Fsp3) is 0.538. The van der Waals surface area contributed by atoms with E-state index in [2.05, 4.69) is 69.0 Å². The molecule has 1 aromatic carbocycles. The molecule has 0 bridgehead atoms. The molecule has 1 atom stereocenters. The van der Waals surface area contributed by atoms with Crippen LogP contribution >= 0.6 is 38.5 Å². The Morgan fingerprint density at radius 3 is 2.88 bits per heavy atom. The second-order valence-electron chi connectivity index (χ2n) is 4.46. The van der Waals surface area contributed by atoms with Crippen molar-refractivity contribution in [2.75, 3.05) is 6.54 Å². The standard InChI is InChI=1S/C13H17BrIN/c1-2-16-13(7-9-3-4-9)11-8-10(14)5-6-12(11)15/h5-6,8-9,13,16H,2-4,7H2,1H3. The van der Waals surface area contributed by atoms with Gasteiger partial charge in [-0.15, -0.1) is 0 Å². The topological polar surface area (TPSA) is 12.0 Å². The molecule has 0 spiro atoms. The van der Waals surface area contributed by atoms with Gasteiger partial charge in [-0.25, -0.2) is 0 Å². The molecule has 1 unspecified atom stereocenters. The first-order valence-electron chi connectivity index (χ1n) is 5.89. The molecule has 2 rings (SSSR count). The summed E-state index contributed by atoms with van der Waals surface area (Å²) in [6.07, 6.45) is 4.14. The summed E-state index contributed by atoms with van der Waals surface area (Å²) in [6, 6.07) is 7.10. The second-order valence-corrected chi connectivity index (χ2v) is 6.53. The molecule has 0 amide bonds. The smallest absolute Gasteiger partial charge is 0.0333 e. The lowest BCUT2D eigenvalue weighted by molar-refractivity contribution is 0.485. The third-order valence-electron chi connectivity index (χ3n) is 3.05. The van der Waals surface area contributed by atoms with Crippen molar-refractivity contribution in [1.29, 1.82) is 0 Å². The van der Waals surface area contributed by atoms with Gasteiger partial charge >= 0.3 is 0 Å². The first kappa shape index (κ1) is 12.8. The van der Waals surface area contributed by atoms with Crippen LogP contribution in [0.5, 0.6) is 0 Å². The highest BCUT2D eigenvalue weighted by molar-refractivity contribution is 14.1. The zero-order valence-electron chi connectivity index (χ0n) is 9.47. The van der Waals surface area contributed by atoms with Crippen LogP contribution in [0.1, 0.15) is 37.8 Å². The highest BCUT2D eigenvalue weighted by Gasteiger charge is 2.26. The summed E-state index contributed by atoms with van der Waals surface area (Å²) in [5.74, 6) is 0.957. The van der Waals surface area contributed by atoms with E-state index in [1.807, 2.05) is 0 Å². The molecule has 1 saturated carbocycles. The third kappa shape index (κ3) is 3.44. The maximum atomic E-state index is 3.61. The Morgan fingerprint density at radius 1 is 1.50 bits per heavy atom. The maximum absolute atomic E-state index is 3.61. The third-order valence-corrected chi connectivity index (χ3v) is 4.53. The second kappa shape index (κ2) is 5.83. The molecule has 0 aliphatic heterocycles. The van der Waals surface area contributed by atoms with Gasteiger partial charge in [0.2, 0.25) is 0 Å². The van der Waals surface area contributed by atoms with Crippen LogP contribution in [0.4, 0.5) is 0 Å². The van der Waals surface area contributed by atoms with E-state index in [4.69, 9.17) is 0 Å². The summed E-state index contributed by atoms with van der Waals surface area (Å²) >= 11 is 6.00. The zero-order chi connectivity index (χ0) is 11.5. The molecule has 16 heavy (non-hydrogen) atoms. The quantitative estimate of drug-likeness (QED) is 0.726. The van der Waals surface area contributed by atoms with Gasteiger partial charge in [0.25, 0.3) is 0 Å². The molecule has 0 radical (unpaired) electrons. The lowest BCUT2D eigenvalue weighted by atomic mass is 10.0. The highest BCUT2D eigenvalue weighted by atomic mass is 127. The first-order valence-corrected chi connectivity index (χ1v) is 7.76. The Labute approximate surface area is 120 Å². The lowest BCUT2D eigenvalue weighted by Crippen LogP contribution is -2.22. The molecule has 1 aliphatic carbocycles. The Morgan fingerprint density at radius 2 is 2.25 bits per heavy atom. The fourth-order valence-electron chi connectivity index (χ4n) is 2.04. The van der Waals surface area contributed by atoms with E-state index < -0.39 is 0 Å². The average Bonchev–Trinajstić information content (AvgIpc) is 3.05. The first-order chi connectivity index (χ1) is 7.70. The highest BCUT2D eigenvalue weighted by Crippen LogP contribution is 2.38. The van der Waals surface area contributed by atoms with Crippen LogP contribution in [0.3, 0.4) is 0 Å². The zero-order valence-corrected chi connectivity index (χ0v) is 13.2. The van der Waals surface area contributed by atoms with Gasteiger partial charge in [0.1, 0.15) is 0 Å². The van der Waals surface area contributed by atoms with Crippen molar-refractivity contribution in [3.8, 4) is 0 Å². The largest absolute Gasteiger partial charge is 0.310 e. The molecule has 1 aromatic rings. The molecule has 3 heteroatoms. The van der Waals surface area contributed by atoms with Crippen molar-refractivity contribution < 1.29 is 0 Å². The van der Waals surface area contributed by atoms with Crippen molar-refractivity contribution in [3.63, 3.8) is 0 Å². The Hall–Kier alpha value is 0.390. The van der Waals surface area contributed by atoms with E-state index in [9.17, 15) is 0 Å². The van der Waals surface area contributed by atoms with Crippen LogP contribution in [0.25, 0.3) is 0 Å². The van der Waals surface area contributed by atoms with Crippen LogP contribution in [-0.2, 0) is 0 Å². The normalized spacial score (nSPS) is 17.4. The lowest BCUT2D eigenvalue weighted by Gasteiger charge is -2.20. The van der Waals surface area contributed by atoms with E-state index in [0.29, 0.717) is 6.04 Å². The molecule has 1 fully saturated rings.